The van der Waals surface area contributed by atoms with Gasteiger partial charge in [-0.2, -0.15) is 0 Å². The fraction of sp³-hybridized carbons (Fsp3) is 0.417. The SMILES string of the molecule is [CH2]CCCCCOc1ccc(C(=O)Oc2ccc(OCCCCC)cc2)cc1. The van der Waals surface area contributed by atoms with E-state index in [0.29, 0.717) is 24.5 Å². The number of hydrogen-bond donors (Lipinski definition) is 0. The molecule has 4 nitrogen and oxygen atoms in total. The standard InChI is InChI=1S/C24H31O4/c1-3-5-7-9-19-27-21-12-10-20(11-13-21)24(25)28-23-16-14-22(15-17-23)26-18-8-6-4-2/h10-17H,1,3-9,18-19H2,2H3. The quantitative estimate of drug-likeness (QED) is 0.233. The summed E-state index contributed by atoms with van der Waals surface area (Å²) in [6, 6.07) is 14.2. The number of ether oxygens (including phenoxy) is 3. The lowest BCUT2D eigenvalue weighted by Crippen LogP contribution is -2.08. The molecule has 0 aliphatic carbocycles. The van der Waals surface area contributed by atoms with Crippen molar-refractivity contribution in [2.45, 2.75) is 51.9 Å². The summed E-state index contributed by atoms with van der Waals surface area (Å²) >= 11 is 0. The highest BCUT2D eigenvalue weighted by molar-refractivity contribution is 5.91. The number of carbonyl (C=O) groups is 1. The van der Waals surface area contributed by atoms with E-state index < -0.39 is 5.97 Å². The van der Waals surface area contributed by atoms with Gasteiger partial charge < -0.3 is 14.2 Å². The second kappa shape index (κ2) is 12.8. The van der Waals surface area contributed by atoms with Gasteiger partial charge in [-0.25, -0.2) is 4.79 Å². The maximum Gasteiger partial charge on any atom is 0.343 e. The molecule has 0 aromatic heterocycles. The first kappa shape index (κ1) is 21.8. The number of rotatable bonds is 13. The van der Waals surface area contributed by atoms with E-state index in [9.17, 15) is 4.79 Å². The van der Waals surface area contributed by atoms with Crippen LogP contribution < -0.4 is 14.2 Å². The Morgan fingerprint density at radius 1 is 0.750 bits per heavy atom. The first-order valence-corrected chi connectivity index (χ1v) is 10.2. The minimum atomic E-state index is -0.390. The Balaban J connectivity index is 1.77. The number of hydrogen-bond acceptors (Lipinski definition) is 4. The van der Waals surface area contributed by atoms with Crippen LogP contribution in [-0.4, -0.2) is 19.2 Å². The summed E-state index contributed by atoms with van der Waals surface area (Å²) in [5, 5.41) is 0. The molecule has 0 unspecified atom stereocenters. The first-order valence-electron chi connectivity index (χ1n) is 10.2. The zero-order valence-corrected chi connectivity index (χ0v) is 16.8. The van der Waals surface area contributed by atoms with Crippen molar-refractivity contribution in [1.82, 2.24) is 0 Å². The van der Waals surface area contributed by atoms with Crippen molar-refractivity contribution in [1.29, 1.82) is 0 Å². The molecule has 0 fully saturated rings. The molecule has 4 heteroatoms. The molecule has 28 heavy (non-hydrogen) atoms. The van der Waals surface area contributed by atoms with E-state index >= 15 is 0 Å². The van der Waals surface area contributed by atoms with Crippen molar-refractivity contribution in [2.75, 3.05) is 13.2 Å². The Kier molecular flexibility index (Phi) is 9.98. The third kappa shape index (κ3) is 8.03. The summed E-state index contributed by atoms with van der Waals surface area (Å²) in [5.74, 6) is 1.65. The molecule has 2 aromatic carbocycles. The van der Waals surface area contributed by atoms with Crippen LogP contribution in [0.25, 0.3) is 0 Å². The second-order valence-corrected chi connectivity index (χ2v) is 6.70. The number of unbranched alkanes of at least 4 members (excludes halogenated alkanes) is 5. The molecule has 0 atom stereocenters. The minimum absolute atomic E-state index is 0.390. The van der Waals surface area contributed by atoms with E-state index in [4.69, 9.17) is 14.2 Å². The molecule has 0 spiro atoms. The summed E-state index contributed by atoms with van der Waals surface area (Å²) in [4.78, 5) is 12.3. The van der Waals surface area contributed by atoms with E-state index in [1.54, 1.807) is 36.4 Å². The van der Waals surface area contributed by atoms with E-state index in [-0.39, 0.29) is 0 Å². The van der Waals surface area contributed by atoms with Crippen LogP contribution in [-0.2, 0) is 0 Å². The number of carbonyl (C=O) groups excluding carboxylic acids is 1. The molecule has 2 aromatic rings. The summed E-state index contributed by atoms with van der Waals surface area (Å²) in [6.45, 7) is 7.37. The Labute approximate surface area is 168 Å². The molecular formula is C24H31O4. The molecule has 0 saturated heterocycles. The van der Waals surface area contributed by atoms with Gasteiger partial charge in [0.2, 0.25) is 0 Å². The Morgan fingerprint density at radius 2 is 1.29 bits per heavy atom. The van der Waals surface area contributed by atoms with Crippen molar-refractivity contribution < 1.29 is 19.0 Å². The Hall–Kier alpha value is -2.49. The summed E-state index contributed by atoms with van der Waals surface area (Å²) in [6.07, 6.45) is 7.60. The smallest absolute Gasteiger partial charge is 0.343 e. The van der Waals surface area contributed by atoms with Gasteiger partial charge in [0, 0.05) is 0 Å². The van der Waals surface area contributed by atoms with Gasteiger partial charge in [-0.3, -0.25) is 0 Å². The van der Waals surface area contributed by atoms with Crippen LogP contribution in [0.15, 0.2) is 48.5 Å². The van der Waals surface area contributed by atoms with E-state index in [1.165, 1.54) is 6.42 Å². The topological polar surface area (TPSA) is 44.8 Å². The summed E-state index contributed by atoms with van der Waals surface area (Å²) < 4.78 is 16.8. The largest absolute Gasteiger partial charge is 0.494 e. The molecule has 151 valence electrons. The van der Waals surface area contributed by atoms with Gasteiger partial charge in [0.1, 0.15) is 17.2 Å². The fourth-order valence-electron chi connectivity index (χ4n) is 2.64. The zero-order valence-electron chi connectivity index (χ0n) is 16.8. The highest BCUT2D eigenvalue weighted by Gasteiger charge is 2.09. The van der Waals surface area contributed by atoms with Crippen LogP contribution in [0.5, 0.6) is 17.2 Å². The average molecular weight is 384 g/mol. The molecule has 2 rings (SSSR count). The lowest BCUT2D eigenvalue weighted by atomic mass is 10.2. The van der Waals surface area contributed by atoms with Crippen LogP contribution in [0.2, 0.25) is 0 Å². The van der Waals surface area contributed by atoms with Gasteiger partial charge in [0.05, 0.1) is 18.8 Å². The minimum Gasteiger partial charge on any atom is -0.494 e. The number of esters is 1. The molecule has 1 radical (unpaired) electrons. The van der Waals surface area contributed by atoms with Gasteiger partial charge in [0.25, 0.3) is 0 Å². The van der Waals surface area contributed by atoms with Crippen molar-refractivity contribution in [3.63, 3.8) is 0 Å². The molecule has 0 heterocycles. The highest BCUT2D eigenvalue weighted by Crippen LogP contribution is 2.20. The van der Waals surface area contributed by atoms with Gasteiger partial charge in [-0.1, -0.05) is 46.0 Å². The van der Waals surface area contributed by atoms with Crippen molar-refractivity contribution in [3.05, 3.63) is 61.0 Å². The van der Waals surface area contributed by atoms with E-state index in [1.807, 2.05) is 12.1 Å². The van der Waals surface area contributed by atoms with Crippen LogP contribution in [0.4, 0.5) is 0 Å². The molecule has 0 bridgehead atoms. The van der Waals surface area contributed by atoms with Crippen LogP contribution in [0, 0.1) is 6.92 Å². The van der Waals surface area contributed by atoms with E-state index in [0.717, 1.165) is 50.0 Å². The van der Waals surface area contributed by atoms with Crippen LogP contribution in [0.1, 0.15) is 62.2 Å². The molecule has 0 amide bonds. The number of benzene rings is 2. The summed E-state index contributed by atoms with van der Waals surface area (Å²) in [7, 11) is 0. The Bertz CT molecular complexity index is 677. The predicted molar refractivity (Wildman–Crippen MR) is 112 cm³/mol. The monoisotopic (exact) mass is 383 g/mol. The fourth-order valence-corrected chi connectivity index (χ4v) is 2.64. The molecule has 0 aliphatic rings. The Morgan fingerprint density at radius 3 is 1.86 bits per heavy atom. The molecule has 0 aliphatic heterocycles. The maximum absolute atomic E-state index is 12.3. The van der Waals surface area contributed by atoms with Crippen molar-refractivity contribution in [2.24, 2.45) is 0 Å². The van der Waals surface area contributed by atoms with Gasteiger partial charge >= 0.3 is 5.97 Å². The first-order chi connectivity index (χ1) is 13.7. The van der Waals surface area contributed by atoms with E-state index in [2.05, 4.69) is 13.8 Å². The maximum atomic E-state index is 12.3. The predicted octanol–water partition coefficient (Wildman–Crippen LogP) is 6.25. The highest BCUT2D eigenvalue weighted by atomic mass is 16.5. The molecule has 0 N–H and O–H groups in total. The third-order valence-corrected chi connectivity index (χ3v) is 4.30. The lowest BCUT2D eigenvalue weighted by molar-refractivity contribution is 0.0734. The second-order valence-electron chi connectivity index (χ2n) is 6.70. The van der Waals surface area contributed by atoms with Crippen molar-refractivity contribution >= 4 is 5.97 Å². The van der Waals surface area contributed by atoms with Crippen LogP contribution >= 0.6 is 0 Å². The van der Waals surface area contributed by atoms with Crippen molar-refractivity contribution in [3.8, 4) is 17.2 Å². The average Bonchev–Trinajstić information content (AvgIpc) is 2.72. The summed E-state index contributed by atoms with van der Waals surface area (Å²) in [5.41, 5.74) is 0.490. The normalized spacial score (nSPS) is 10.5. The molecule has 0 saturated carbocycles. The zero-order chi connectivity index (χ0) is 20.0. The van der Waals surface area contributed by atoms with Gasteiger partial charge in [0.15, 0.2) is 0 Å². The third-order valence-electron chi connectivity index (χ3n) is 4.30. The molecular weight excluding hydrogens is 352 g/mol. The van der Waals surface area contributed by atoms with Gasteiger partial charge in [-0.15, -0.1) is 0 Å². The van der Waals surface area contributed by atoms with Crippen LogP contribution in [0.3, 0.4) is 0 Å². The lowest BCUT2D eigenvalue weighted by Gasteiger charge is -2.09. The van der Waals surface area contributed by atoms with Gasteiger partial charge in [-0.05, 0) is 61.4 Å².